The molecule has 0 saturated heterocycles. The molecule has 19 heavy (non-hydrogen) atoms. The summed E-state index contributed by atoms with van der Waals surface area (Å²) in [4.78, 5) is 0. The summed E-state index contributed by atoms with van der Waals surface area (Å²) in [5, 5.41) is 11.4. The highest BCUT2D eigenvalue weighted by molar-refractivity contribution is 5.81. The number of hydrogen-bond donors (Lipinski definition) is 2. The van der Waals surface area contributed by atoms with Crippen molar-refractivity contribution < 1.29 is 9.52 Å². The third-order valence-corrected chi connectivity index (χ3v) is 3.32. The Balaban J connectivity index is 2.10. The number of benzene rings is 2. The highest BCUT2D eigenvalue weighted by atomic mass is 16.4. The van der Waals surface area contributed by atoms with Gasteiger partial charge in [0, 0.05) is 16.6 Å². The van der Waals surface area contributed by atoms with Gasteiger partial charge in [-0.25, -0.2) is 0 Å². The minimum Gasteiger partial charge on any atom is -0.458 e. The van der Waals surface area contributed by atoms with Crippen LogP contribution in [-0.4, -0.2) is 5.11 Å². The third kappa shape index (κ3) is 1.98. The lowest BCUT2D eigenvalue weighted by Crippen LogP contribution is -2.02. The highest BCUT2D eigenvalue weighted by Crippen LogP contribution is 2.31. The quantitative estimate of drug-likeness (QED) is 0.688. The molecule has 1 aromatic heterocycles. The Labute approximate surface area is 111 Å². The van der Waals surface area contributed by atoms with E-state index in [2.05, 4.69) is 0 Å². The monoisotopic (exact) mass is 253 g/mol. The van der Waals surface area contributed by atoms with Crippen molar-refractivity contribution in [3.8, 4) is 0 Å². The van der Waals surface area contributed by atoms with E-state index in [0.29, 0.717) is 17.0 Å². The van der Waals surface area contributed by atoms with Crippen LogP contribution < -0.4 is 5.73 Å². The number of hydrogen-bond acceptors (Lipinski definition) is 3. The number of aliphatic hydroxyl groups excluding tert-OH is 1. The van der Waals surface area contributed by atoms with Gasteiger partial charge in [0.05, 0.1) is 0 Å². The number of aliphatic hydroxyl groups is 1. The lowest BCUT2D eigenvalue weighted by molar-refractivity contribution is 0.193. The van der Waals surface area contributed by atoms with Crippen LogP contribution in [0.5, 0.6) is 0 Å². The zero-order chi connectivity index (χ0) is 13.4. The summed E-state index contributed by atoms with van der Waals surface area (Å²) in [6.07, 6.45) is -0.840. The van der Waals surface area contributed by atoms with E-state index in [4.69, 9.17) is 10.2 Å². The Bertz CT molecular complexity index is 730. The van der Waals surface area contributed by atoms with E-state index < -0.39 is 6.10 Å². The summed E-state index contributed by atoms with van der Waals surface area (Å²) in [6, 6.07) is 15.1. The Kier molecular flexibility index (Phi) is 2.76. The molecule has 1 unspecified atom stereocenters. The summed E-state index contributed by atoms with van der Waals surface area (Å²) >= 11 is 0. The van der Waals surface area contributed by atoms with Crippen LogP contribution in [0.2, 0.25) is 0 Å². The average molecular weight is 253 g/mol. The molecule has 0 aliphatic carbocycles. The zero-order valence-corrected chi connectivity index (χ0v) is 10.6. The van der Waals surface area contributed by atoms with E-state index in [1.54, 1.807) is 12.1 Å². The first-order valence-corrected chi connectivity index (χ1v) is 6.18. The van der Waals surface area contributed by atoms with Gasteiger partial charge in [-0.2, -0.15) is 0 Å². The van der Waals surface area contributed by atoms with Gasteiger partial charge in [-0.1, -0.05) is 36.4 Å². The predicted octanol–water partition coefficient (Wildman–Crippen LogP) is 3.41. The fourth-order valence-corrected chi connectivity index (χ4v) is 2.28. The zero-order valence-electron chi connectivity index (χ0n) is 10.6. The molecule has 0 aliphatic rings. The van der Waals surface area contributed by atoms with Gasteiger partial charge in [-0.05, 0) is 24.6 Å². The van der Waals surface area contributed by atoms with Crippen molar-refractivity contribution in [2.75, 3.05) is 5.73 Å². The standard InChI is InChI=1S/C16H15NO2/c1-10-5-4-6-11-9-14(19-16(10)11)15(18)12-7-2-3-8-13(12)17/h2-9,15,18H,17H2,1H3. The first-order chi connectivity index (χ1) is 9.16. The van der Waals surface area contributed by atoms with Gasteiger partial charge < -0.3 is 15.3 Å². The van der Waals surface area contributed by atoms with Gasteiger partial charge in [0.2, 0.25) is 0 Å². The first kappa shape index (κ1) is 11.8. The smallest absolute Gasteiger partial charge is 0.139 e. The van der Waals surface area contributed by atoms with Crippen LogP contribution in [0.4, 0.5) is 5.69 Å². The molecule has 0 saturated carbocycles. The van der Waals surface area contributed by atoms with E-state index in [0.717, 1.165) is 16.5 Å². The van der Waals surface area contributed by atoms with E-state index >= 15 is 0 Å². The summed E-state index contributed by atoms with van der Waals surface area (Å²) in [5.74, 6) is 0.516. The lowest BCUT2D eigenvalue weighted by atomic mass is 10.1. The molecule has 3 nitrogen and oxygen atoms in total. The Hall–Kier alpha value is -2.26. The van der Waals surface area contributed by atoms with Crippen LogP contribution in [-0.2, 0) is 0 Å². The average Bonchev–Trinajstić information content (AvgIpc) is 2.84. The second-order valence-corrected chi connectivity index (χ2v) is 4.67. The van der Waals surface area contributed by atoms with E-state index in [1.807, 2.05) is 43.3 Å². The summed E-state index contributed by atoms with van der Waals surface area (Å²) in [7, 11) is 0. The molecule has 3 rings (SSSR count). The maximum absolute atomic E-state index is 10.4. The van der Waals surface area contributed by atoms with Crippen LogP contribution in [0, 0.1) is 6.92 Å². The molecule has 3 heteroatoms. The maximum Gasteiger partial charge on any atom is 0.139 e. The first-order valence-electron chi connectivity index (χ1n) is 6.18. The van der Waals surface area contributed by atoms with Crippen molar-refractivity contribution in [1.29, 1.82) is 0 Å². The molecule has 0 amide bonds. The largest absolute Gasteiger partial charge is 0.458 e. The van der Waals surface area contributed by atoms with E-state index in [1.165, 1.54) is 0 Å². The number of rotatable bonds is 2. The van der Waals surface area contributed by atoms with Gasteiger partial charge in [-0.3, -0.25) is 0 Å². The molecular weight excluding hydrogens is 238 g/mol. The molecule has 0 bridgehead atoms. The summed E-state index contributed by atoms with van der Waals surface area (Å²) in [6.45, 7) is 1.98. The van der Waals surface area contributed by atoms with Gasteiger partial charge in [0.15, 0.2) is 0 Å². The van der Waals surface area contributed by atoms with Crippen molar-refractivity contribution in [3.63, 3.8) is 0 Å². The summed E-state index contributed by atoms with van der Waals surface area (Å²) in [5.41, 5.74) is 8.97. The molecule has 0 spiro atoms. The number of nitrogens with two attached hydrogens (primary N) is 1. The fourth-order valence-electron chi connectivity index (χ4n) is 2.28. The molecule has 0 radical (unpaired) electrons. The fraction of sp³-hybridized carbons (Fsp3) is 0.125. The molecule has 0 aliphatic heterocycles. The minimum absolute atomic E-state index is 0.516. The number of anilines is 1. The Morgan fingerprint density at radius 3 is 2.63 bits per heavy atom. The van der Waals surface area contributed by atoms with Crippen molar-refractivity contribution in [2.45, 2.75) is 13.0 Å². The van der Waals surface area contributed by atoms with Crippen molar-refractivity contribution in [1.82, 2.24) is 0 Å². The second-order valence-electron chi connectivity index (χ2n) is 4.67. The molecule has 2 aromatic carbocycles. The van der Waals surface area contributed by atoms with E-state index in [9.17, 15) is 5.11 Å². The molecule has 0 fully saturated rings. The Morgan fingerprint density at radius 1 is 1.11 bits per heavy atom. The van der Waals surface area contributed by atoms with Gasteiger partial charge >= 0.3 is 0 Å². The van der Waals surface area contributed by atoms with E-state index in [-0.39, 0.29) is 0 Å². The third-order valence-electron chi connectivity index (χ3n) is 3.32. The number of furan rings is 1. The minimum atomic E-state index is -0.840. The van der Waals surface area contributed by atoms with Crippen LogP contribution in [0.3, 0.4) is 0 Å². The molecule has 3 N–H and O–H groups in total. The SMILES string of the molecule is Cc1cccc2cc(C(O)c3ccccc3N)oc12. The van der Waals surface area contributed by atoms with Crippen LogP contribution in [0.25, 0.3) is 11.0 Å². The van der Waals surface area contributed by atoms with Crippen LogP contribution >= 0.6 is 0 Å². The summed E-state index contributed by atoms with van der Waals surface area (Å²) < 4.78 is 5.76. The predicted molar refractivity (Wildman–Crippen MR) is 75.9 cm³/mol. The van der Waals surface area contributed by atoms with Crippen molar-refractivity contribution in [2.24, 2.45) is 0 Å². The van der Waals surface area contributed by atoms with Crippen LogP contribution in [0.1, 0.15) is 23.0 Å². The lowest BCUT2D eigenvalue weighted by Gasteiger charge is -2.10. The number of aryl methyl sites for hydroxylation is 1. The van der Waals surface area contributed by atoms with Crippen LogP contribution in [0.15, 0.2) is 52.9 Å². The normalized spacial score (nSPS) is 12.7. The Morgan fingerprint density at radius 2 is 1.89 bits per heavy atom. The molecule has 1 heterocycles. The van der Waals surface area contributed by atoms with Crippen molar-refractivity contribution in [3.05, 3.63) is 65.4 Å². The van der Waals surface area contributed by atoms with Gasteiger partial charge in [0.25, 0.3) is 0 Å². The number of nitrogen functional groups attached to an aromatic ring is 1. The molecule has 96 valence electrons. The van der Waals surface area contributed by atoms with Gasteiger partial charge in [-0.15, -0.1) is 0 Å². The maximum atomic E-state index is 10.4. The molecular formula is C16H15NO2. The molecule has 3 aromatic rings. The molecule has 1 atom stereocenters. The van der Waals surface area contributed by atoms with Gasteiger partial charge in [0.1, 0.15) is 17.4 Å². The number of para-hydroxylation sites is 2. The highest BCUT2D eigenvalue weighted by Gasteiger charge is 2.18. The number of fused-ring (bicyclic) bond motifs is 1. The van der Waals surface area contributed by atoms with Crippen molar-refractivity contribution >= 4 is 16.7 Å². The topological polar surface area (TPSA) is 59.4 Å². The second kappa shape index (κ2) is 4.44.